The zero-order valence-corrected chi connectivity index (χ0v) is 15.7. The van der Waals surface area contributed by atoms with Gasteiger partial charge in [0, 0.05) is 13.1 Å². The third-order valence-electron chi connectivity index (χ3n) is 5.54. The summed E-state index contributed by atoms with van der Waals surface area (Å²) in [6.45, 7) is 7.07. The Morgan fingerprint density at radius 3 is 1.35 bits per heavy atom. The van der Waals surface area contributed by atoms with Crippen LogP contribution in [0, 0.1) is 0 Å². The largest absolute Gasteiger partial charge is 0.457 e. The van der Waals surface area contributed by atoms with Crippen molar-refractivity contribution in [2.24, 2.45) is 0 Å². The smallest absolute Gasteiger partial charge is 0.127 e. The van der Waals surface area contributed by atoms with Gasteiger partial charge in [0.2, 0.25) is 0 Å². The minimum Gasteiger partial charge on any atom is -0.457 e. The van der Waals surface area contributed by atoms with Crippen molar-refractivity contribution in [3.05, 3.63) is 59.7 Å². The van der Waals surface area contributed by atoms with Gasteiger partial charge in [0.25, 0.3) is 0 Å². The van der Waals surface area contributed by atoms with Crippen LogP contribution >= 0.6 is 0 Å². The number of ether oxygens (including phenoxy) is 1. The van der Waals surface area contributed by atoms with Gasteiger partial charge in [0.1, 0.15) is 11.5 Å². The van der Waals surface area contributed by atoms with Crippen LogP contribution in [0.1, 0.15) is 43.2 Å². The molecule has 0 unspecified atom stereocenters. The Hall–Kier alpha value is -1.84. The topological polar surface area (TPSA) is 15.7 Å². The SMILES string of the molecule is c1cc(Oc2ccc(CN3CCCC3)cc2)ccc1CN1CCCCC1. The second-order valence-electron chi connectivity index (χ2n) is 7.71. The Balaban J connectivity index is 1.30. The molecule has 3 nitrogen and oxygen atoms in total. The highest BCUT2D eigenvalue weighted by atomic mass is 16.5. The quantitative estimate of drug-likeness (QED) is 0.724. The number of benzene rings is 2. The Morgan fingerprint density at radius 2 is 0.923 bits per heavy atom. The van der Waals surface area contributed by atoms with E-state index in [9.17, 15) is 0 Å². The molecule has 2 heterocycles. The first-order valence-corrected chi connectivity index (χ1v) is 10.2. The number of likely N-dealkylation sites (tertiary alicyclic amines) is 2. The molecule has 0 aromatic heterocycles. The summed E-state index contributed by atoms with van der Waals surface area (Å²) in [6, 6.07) is 17.2. The number of piperidine rings is 1. The first-order valence-electron chi connectivity index (χ1n) is 10.2. The van der Waals surface area contributed by atoms with Gasteiger partial charge in [0.05, 0.1) is 0 Å². The molecule has 4 rings (SSSR count). The van der Waals surface area contributed by atoms with Gasteiger partial charge >= 0.3 is 0 Å². The summed E-state index contributed by atoms with van der Waals surface area (Å²) in [4.78, 5) is 5.08. The van der Waals surface area contributed by atoms with Crippen LogP contribution in [0.2, 0.25) is 0 Å². The second kappa shape index (κ2) is 8.70. The van der Waals surface area contributed by atoms with E-state index in [0.717, 1.165) is 24.6 Å². The molecule has 0 bridgehead atoms. The van der Waals surface area contributed by atoms with E-state index in [4.69, 9.17) is 4.74 Å². The number of rotatable bonds is 6. The van der Waals surface area contributed by atoms with Gasteiger partial charge in [-0.15, -0.1) is 0 Å². The van der Waals surface area contributed by atoms with Crippen molar-refractivity contribution in [3.8, 4) is 11.5 Å². The zero-order valence-electron chi connectivity index (χ0n) is 15.7. The van der Waals surface area contributed by atoms with Crippen LogP contribution in [0.5, 0.6) is 11.5 Å². The van der Waals surface area contributed by atoms with Gasteiger partial charge in [0.15, 0.2) is 0 Å². The van der Waals surface area contributed by atoms with Gasteiger partial charge < -0.3 is 4.74 Å². The fraction of sp³-hybridized carbons (Fsp3) is 0.478. The highest BCUT2D eigenvalue weighted by Gasteiger charge is 2.12. The van der Waals surface area contributed by atoms with Crippen molar-refractivity contribution in [3.63, 3.8) is 0 Å². The molecule has 2 aromatic rings. The van der Waals surface area contributed by atoms with E-state index < -0.39 is 0 Å². The lowest BCUT2D eigenvalue weighted by atomic mass is 10.1. The van der Waals surface area contributed by atoms with E-state index in [1.165, 1.54) is 69.4 Å². The molecule has 2 fully saturated rings. The molecule has 2 aliphatic rings. The van der Waals surface area contributed by atoms with Crippen molar-refractivity contribution in [1.82, 2.24) is 9.80 Å². The molecule has 0 radical (unpaired) electrons. The van der Waals surface area contributed by atoms with Crippen molar-refractivity contribution >= 4 is 0 Å². The first-order chi connectivity index (χ1) is 12.8. The summed E-state index contributed by atoms with van der Waals surface area (Å²) in [7, 11) is 0. The fourth-order valence-electron chi connectivity index (χ4n) is 4.04. The van der Waals surface area contributed by atoms with E-state index in [2.05, 4.69) is 58.3 Å². The Morgan fingerprint density at radius 1 is 0.538 bits per heavy atom. The minimum atomic E-state index is 0.916. The molecule has 0 spiro atoms. The molecule has 0 aliphatic carbocycles. The maximum absolute atomic E-state index is 6.02. The van der Waals surface area contributed by atoms with Crippen LogP contribution in [0.4, 0.5) is 0 Å². The molecule has 0 saturated carbocycles. The van der Waals surface area contributed by atoms with Crippen LogP contribution in [-0.2, 0) is 13.1 Å². The summed E-state index contributed by atoms with van der Waals surface area (Å²) in [5, 5.41) is 0. The van der Waals surface area contributed by atoms with E-state index in [1.54, 1.807) is 0 Å². The predicted octanol–water partition coefficient (Wildman–Crippen LogP) is 5.06. The minimum absolute atomic E-state index is 0.916. The van der Waals surface area contributed by atoms with Crippen LogP contribution in [0.25, 0.3) is 0 Å². The maximum atomic E-state index is 6.02. The highest BCUT2D eigenvalue weighted by molar-refractivity contribution is 5.34. The van der Waals surface area contributed by atoms with E-state index in [0.29, 0.717) is 0 Å². The molecule has 138 valence electrons. The summed E-state index contributed by atoms with van der Waals surface area (Å²) >= 11 is 0. The molecular formula is C23H30N2O. The normalized spacial score (nSPS) is 18.9. The molecule has 0 amide bonds. The Bertz CT molecular complexity index is 668. The van der Waals surface area contributed by atoms with Crippen LogP contribution in [-0.4, -0.2) is 36.0 Å². The molecule has 2 aliphatic heterocycles. The fourth-order valence-corrected chi connectivity index (χ4v) is 4.04. The summed E-state index contributed by atoms with van der Waals surface area (Å²) in [6.07, 6.45) is 6.76. The van der Waals surface area contributed by atoms with Crippen molar-refractivity contribution < 1.29 is 4.74 Å². The lowest BCUT2D eigenvalue weighted by molar-refractivity contribution is 0.221. The highest BCUT2D eigenvalue weighted by Crippen LogP contribution is 2.24. The van der Waals surface area contributed by atoms with E-state index in [-0.39, 0.29) is 0 Å². The summed E-state index contributed by atoms with van der Waals surface area (Å²) < 4.78 is 6.02. The van der Waals surface area contributed by atoms with Gasteiger partial charge in [-0.25, -0.2) is 0 Å². The lowest BCUT2D eigenvalue weighted by Crippen LogP contribution is -2.28. The van der Waals surface area contributed by atoms with Crippen LogP contribution < -0.4 is 4.74 Å². The summed E-state index contributed by atoms with van der Waals surface area (Å²) in [5.41, 5.74) is 2.75. The third kappa shape index (κ3) is 4.87. The summed E-state index contributed by atoms with van der Waals surface area (Å²) in [5.74, 6) is 1.83. The lowest BCUT2D eigenvalue weighted by Gasteiger charge is -2.26. The van der Waals surface area contributed by atoms with E-state index >= 15 is 0 Å². The zero-order chi connectivity index (χ0) is 17.6. The van der Waals surface area contributed by atoms with Gasteiger partial charge in [-0.1, -0.05) is 30.7 Å². The van der Waals surface area contributed by atoms with Crippen molar-refractivity contribution in [2.45, 2.75) is 45.2 Å². The van der Waals surface area contributed by atoms with Gasteiger partial charge in [-0.2, -0.15) is 0 Å². The standard InChI is InChI=1S/C23H30N2O/c1-2-14-24(15-3-1)18-20-6-10-22(11-7-20)26-23-12-8-21(9-13-23)19-25-16-4-5-17-25/h6-13H,1-5,14-19H2. The molecule has 26 heavy (non-hydrogen) atoms. The number of nitrogens with zero attached hydrogens (tertiary/aromatic N) is 2. The molecule has 3 heteroatoms. The van der Waals surface area contributed by atoms with Crippen LogP contribution in [0.15, 0.2) is 48.5 Å². The van der Waals surface area contributed by atoms with Gasteiger partial charge in [-0.05, 0) is 87.3 Å². The monoisotopic (exact) mass is 350 g/mol. The number of hydrogen-bond acceptors (Lipinski definition) is 3. The molecule has 2 saturated heterocycles. The average Bonchev–Trinajstić information content (AvgIpc) is 3.19. The molecule has 2 aromatic carbocycles. The second-order valence-corrected chi connectivity index (χ2v) is 7.71. The number of hydrogen-bond donors (Lipinski definition) is 0. The van der Waals surface area contributed by atoms with Crippen molar-refractivity contribution in [2.75, 3.05) is 26.2 Å². The Kier molecular flexibility index (Phi) is 5.88. The third-order valence-corrected chi connectivity index (χ3v) is 5.54. The van der Waals surface area contributed by atoms with Gasteiger partial charge in [-0.3, -0.25) is 9.80 Å². The molecule has 0 atom stereocenters. The maximum Gasteiger partial charge on any atom is 0.127 e. The Labute approximate surface area is 157 Å². The van der Waals surface area contributed by atoms with E-state index in [1.807, 2.05) is 0 Å². The van der Waals surface area contributed by atoms with Crippen molar-refractivity contribution in [1.29, 1.82) is 0 Å². The molecule has 0 N–H and O–H groups in total. The van der Waals surface area contributed by atoms with Crippen LogP contribution in [0.3, 0.4) is 0 Å². The molecular weight excluding hydrogens is 320 g/mol. The average molecular weight is 351 g/mol. The predicted molar refractivity (Wildman–Crippen MR) is 107 cm³/mol. The first kappa shape index (κ1) is 17.6.